The second kappa shape index (κ2) is 28.5. The van der Waals surface area contributed by atoms with Gasteiger partial charge in [0.25, 0.3) is 0 Å². The van der Waals surface area contributed by atoms with Gasteiger partial charge in [-0.15, -0.1) is 17.2 Å². The average molecular weight is 1640 g/mol. The summed E-state index contributed by atoms with van der Waals surface area (Å²) in [7, 11) is 0. The van der Waals surface area contributed by atoms with Crippen LogP contribution in [0.5, 0.6) is 5.75 Å². The standard InChI is InChI=1S/C106H96N3O2.Pt/c1-63(2)70-52-71(64(3)4)54-74(53-70)81-42-29-41-80(69-38-24-19-25-39-69)96(81)86-61-77(62-93-97(86)84-40-26-27-47-92(84)111-93)94-85(48-51-90-100(94)108-102(109(90)101-65(5)32-28-33-66(101)6)89-50-49-88-99(107-89)98-87(45-31-46-91(98)110)105(13,14)106(88,15)16)95-82(75-55-72(67-34-20-17-21-35-67)57-78(59-75)103(7,8)9)43-30-44-83(95)76-56-73(68-36-22-18-23-37-68)58-79(60-76)104(10,11)12;/h17-60,62-64,110H,1-16H3;/q-1;. The number of furan rings is 1. The van der Waals surface area contributed by atoms with E-state index >= 15 is 0 Å². The number of hydrogen-bond acceptors (Lipinski definition) is 4. The number of fused-ring (bicyclic) bond motifs is 7. The van der Waals surface area contributed by atoms with Crippen molar-refractivity contribution in [1.82, 2.24) is 14.5 Å². The number of rotatable bonds is 13. The number of phenols is 1. The molecule has 0 saturated heterocycles. The Hall–Kier alpha value is -11.2. The van der Waals surface area contributed by atoms with Crippen molar-refractivity contribution >= 4 is 33.0 Å². The van der Waals surface area contributed by atoms with Crippen LogP contribution in [0.25, 0.3) is 162 Å². The number of aromatic hydroxyl groups is 1. The number of hydrogen-bond donors (Lipinski definition) is 1. The molecule has 1 aliphatic rings. The molecule has 3 aromatic heterocycles. The van der Waals surface area contributed by atoms with Gasteiger partial charge in [0.2, 0.25) is 0 Å². The van der Waals surface area contributed by atoms with Crippen LogP contribution in [0.2, 0.25) is 0 Å². The molecule has 0 aliphatic heterocycles. The second-order valence-corrected chi connectivity index (χ2v) is 34.7. The zero-order valence-corrected chi connectivity index (χ0v) is 69.4. The van der Waals surface area contributed by atoms with Crippen molar-refractivity contribution in [3.63, 3.8) is 0 Å². The Balaban J connectivity index is 0.00000949. The molecule has 0 amide bonds. The molecule has 0 bridgehead atoms. The minimum atomic E-state index is -0.382. The summed E-state index contributed by atoms with van der Waals surface area (Å²) >= 11 is 0. The number of aryl methyl sites for hydroxylation is 2. The summed E-state index contributed by atoms with van der Waals surface area (Å²) in [5.41, 5.74) is 33.5. The molecule has 17 rings (SSSR count). The molecule has 3 heterocycles. The monoisotopic (exact) mass is 1640 g/mol. The van der Waals surface area contributed by atoms with E-state index < -0.39 is 0 Å². The zero-order valence-electron chi connectivity index (χ0n) is 67.1. The van der Waals surface area contributed by atoms with Crippen molar-refractivity contribution in [2.24, 2.45) is 0 Å². The van der Waals surface area contributed by atoms with Gasteiger partial charge >= 0.3 is 0 Å². The zero-order chi connectivity index (χ0) is 77.3. The van der Waals surface area contributed by atoms with Crippen LogP contribution in [0, 0.1) is 19.9 Å². The average Bonchev–Trinajstić information content (AvgIpc) is 1.20. The van der Waals surface area contributed by atoms with Crippen molar-refractivity contribution in [3.05, 3.63) is 324 Å². The maximum Gasteiger partial charge on any atom is 0.163 e. The number of pyridine rings is 1. The van der Waals surface area contributed by atoms with E-state index in [-0.39, 0.29) is 60.3 Å². The Morgan fingerprint density at radius 3 is 1.46 bits per heavy atom. The maximum atomic E-state index is 12.2. The fraction of sp³-hybridized carbons (Fsp3) is 0.208. The van der Waals surface area contributed by atoms with Crippen LogP contribution in [0.3, 0.4) is 0 Å². The molecule has 0 atom stereocenters. The van der Waals surface area contributed by atoms with E-state index in [9.17, 15) is 5.11 Å². The van der Waals surface area contributed by atoms with Crippen LogP contribution < -0.4 is 0 Å². The number of para-hydroxylation sites is 2. The molecule has 0 spiro atoms. The molecular formula is C106H96N3O2Pt-. The van der Waals surface area contributed by atoms with Crippen LogP contribution in [0.1, 0.15) is 153 Å². The minimum absolute atomic E-state index is 0. The number of aromatic nitrogens is 3. The van der Waals surface area contributed by atoms with Gasteiger partial charge in [-0.2, -0.15) is 0 Å². The predicted molar refractivity (Wildman–Crippen MR) is 468 cm³/mol. The van der Waals surface area contributed by atoms with Crippen molar-refractivity contribution in [1.29, 1.82) is 0 Å². The van der Waals surface area contributed by atoms with Gasteiger partial charge in [0.15, 0.2) is 5.82 Å². The van der Waals surface area contributed by atoms with Crippen LogP contribution in [-0.2, 0) is 42.7 Å². The van der Waals surface area contributed by atoms with E-state index in [4.69, 9.17) is 14.4 Å². The Morgan fingerprint density at radius 1 is 0.411 bits per heavy atom. The summed E-state index contributed by atoms with van der Waals surface area (Å²) < 4.78 is 9.83. The number of nitrogens with zero attached hydrogens (tertiary/aromatic N) is 3. The van der Waals surface area contributed by atoms with Gasteiger partial charge in [-0.05, 0) is 217 Å². The number of phenolic OH excluding ortho intramolecular Hbond substituents is 1. The fourth-order valence-corrected chi connectivity index (χ4v) is 17.3. The summed E-state index contributed by atoms with van der Waals surface area (Å²) in [4.78, 5) is 12.2. The summed E-state index contributed by atoms with van der Waals surface area (Å²) in [5.74, 6) is 1.43. The van der Waals surface area contributed by atoms with Gasteiger partial charge in [-0.1, -0.05) is 339 Å². The second-order valence-electron chi connectivity index (χ2n) is 34.7. The summed E-state index contributed by atoms with van der Waals surface area (Å²) in [6, 6.07) is 105. The molecule has 5 nitrogen and oxygen atoms in total. The van der Waals surface area contributed by atoms with Crippen LogP contribution >= 0.6 is 0 Å². The molecule has 1 aliphatic carbocycles. The van der Waals surface area contributed by atoms with Crippen molar-refractivity contribution in [2.75, 3.05) is 0 Å². The normalized spacial score (nSPS) is 13.3. The molecular weight excluding hydrogens is 1540 g/mol. The third-order valence-electron chi connectivity index (χ3n) is 24.3. The van der Waals surface area contributed by atoms with Gasteiger partial charge in [0, 0.05) is 32.0 Å². The number of benzene rings is 13. The van der Waals surface area contributed by atoms with Gasteiger partial charge in [-0.25, -0.2) is 9.97 Å². The van der Waals surface area contributed by atoms with E-state index in [1.165, 1.54) is 22.3 Å². The van der Waals surface area contributed by atoms with E-state index in [2.05, 4.69) is 382 Å². The van der Waals surface area contributed by atoms with Gasteiger partial charge in [-0.3, -0.25) is 4.57 Å². The SMILES string of the molecule is Cc1cccc(C)c1-n1c(-c2ccc3c(n2)-c2c(O)cccc2C(C)(C)C3(C)C)nc2c(-c3[c-]c(-c4c(-c5ccccc5)cccc4-c4cc(C(C)C)cc(C(C)C)c4)c4c(c3)oc3ccccc34)c(-c3c(-c4cc(-c5ccccc5)cc(C(C)(C)C)c4)cccc3-c3cc(-c4ccccc4)cc(C(C)(C)C)c3)ccc21.[Pt]. The number of imidazole rings is 1. The van der Waals surface area contributed by atoms with Crippen LogP contribution in [0.4, 0.5) is 0 Å². The first-order chi connectivity index (χ1) is 53.2. The molecule has 0 unspecified atom stereocenters. The van der Waals surface area contributed by atoms with Gasteiger partial charge < -0.3 is 9.52 Å². The predicted octanol–water partition coefficient (Wildman–Crippen LogP) is 29.2. The van der Waals surface area contributed by atoms with Crippen LogP contribution in [0.15, 0.2) is 277 Å². The third-order valence-corrected chi connectivity index (χ3v) is 24.3. The summed E-state index contributed by atoms with van der Waals surface area (Å²) in [6.45, 7) is 36.8. The van der Waals surface area contributed by atoms with E-state index in [1.807, 2.05) is 6.07 Å². The van der Waals surface area contributed by atoms with Crippen molar-refractivity contribution in [3.8, 4) is 134 Å². The topological polar surface area (TPSA) is 64.1 Å². The molecule has 0 saturated carbocycles. The Bertz CT molecular complexity index is 6210. The van der Waals surface area contributed by atoms with Crippen molar-refractivity contribution < 1.29 is 30.6 Å². The molecule has 13 aromatic carbocycles. The Labute approximate surface area is 675 Å². The maximum absolute atomic E-state index is 12.2. The molecule has 0 fully saturated rings. The molecule has 6 heteroatoms. The largest absolute Gasteiger partial charge is 0.507 e. The Morgan fingerprint density at radius 2 is 0.902 bits per heavy atom. The molecule has 112 heavy (non-hydrogen) atoms. The first-order valence-electron chi connectivity index (χ1n) is 39.5. The first kappa shape index (κ1) is 74.8. The molecule has 16 aromatic rings. The fourth-order valence-electron chi connectivity index (χ4n) is 17.3. The first-order valence-corrected chi connectivity index (χ1v) is 39.5. The van der Waals surface area contributed by atoms with Gasteiger partial charge in [0.05, 0.1) is 28.0 Å². The summed E-state index contributed by atoms with van der Waals surface area (Å²) in [5, 5.41) is 14.2. The third kappa shape index (κ3) is 12.9. The van der Waals surface area contributed by atoms with E-state index in [1.54, 1.807) is 6.07 Å². The van der Waals surface area contributed by atoms with E-state index in [0.29, 0.717) is 11.5 Å². The molecule has 1 N–H and O–H groups in total. The van der Waals surface area contributed by atoms with Crippen molar-refractivity contribution in [2.45, 2.75) is 144 Å². The van der Waals surface area contributed by atoms with Crippen LogP contribution in [-0.4, -0.2) is 19.6 Å². The van der Waals surface area contributed by atoms with E-state index in [0.717, 1.165) is 172 Å². The molecule has 558 valence electrons. The minimum Gasteiger partial charge on any atom is -0.507 e. The smallest absolute Gasteiger partial charge is 0.163 e. The van der Waals surface area contributed by atoms with Gasteiger partial charge in [0.1, 0.15) is 17.0 Å². The molecule has 0 radical (unpaired) electrons. The quantitative estimate of drug-likeness (QED) is 0.117. The Kier molecular flexibility index (Phi) is 19.0. The summed E-state index contributed by atoms with van der Waals surface area (Å²) in [6.07, 6.45) is 0.